The lowest BCUT2D eigenvalue weighted by Gasteiger charge is -2.13. The topological polar surface area (TPSA) is 92.5 Å². The number of rotatable bonds is 4. The Morgan fingerprint density at radius 1 is 1.22 bits per heavy atom. The highest BCUT2D eigenvalue weighted by Crippen LogP contribution is 2.00. The average molecular weight is 150 g/mol. The van der Waals surface area contributed by atoms with Crippen LogP contribution in [0, 0.1) is 0 Å². The zero-order valence-electron chi connectivity index (χ0n) is 5.38. The lowest BCUT2D eigenvalue weighted by atomic mass is 10.5. The fourth-order valence-corrected chi connectivity index (χ4v) is 1.46. The molecule has 0 aromatic carbocycles. The summed E-state index contributed by atoms with van der Waals surface area (Å²) >= 11 is 0. The van der Waals surface area contributed by atoms with Crippen molar-refractivity contribution in [2.75, 3.05) is 12.7 Å². The van der Waals surface area contributed by atoms with Crippen molar-refractivity contribution in [1.29, 1.82) is 0 Å². The Kier molecular flexibility index (Phi) is 3.99. The molecular formula is C4H14N2O2Si. The van der Waals surface area contributed by atoms with Crippen LogP contribution in [0.5, 0.6) is 0 Å². The van der Waals surface area contributed by atoms with E-state index in [9.17, 15) is 0 Å². The van der Waals surface area contributed by atoms with Crippen molar-refractivity contribution in [2.45, 2.75) is 12.5 Å². The first-order valence-electron chi connectivity index (χ1n) is 2.97. The van der Waals surface area contributed by atoms with E-state index < -0.39 is 8.56 Å². The van der Waals surface area contributed by atoms with Gasteiger partial charge in [-0.05, 0) is 19.0 Å². The summed E-state index contributed by atoms with van der Waals surface area (Å²) in [6.07, 6.45) is 0.656. The Morgan fingerprint density at radius 3 is 2.11 bits per heavy atom. The predicted octanol–water partition coefficient (Wildman–Crippen LogP) is -1.74. The molecule has 0 rings (SSSR count). The molecule has 0 heterocycles. The maximum atomic E-state index is 8.97. The van der Waals surface area contributed by atoms with Gasteiger partial charge in [0.25, 0.3) is 0 Å². The van der Waals surface area contributed by atoms with Crippen molar-refractivity contribution in [1.82, 2.24) is 0 Å². The third kappa shape index (κ3) is 4.55. The van der Waals surface area contributed by atoms with E-state index in [1.165, 1.54) is 0 Å². The molecule has 0 unspecified atom stereocenters. The number of hydrogen-bond donors (Lipinski definition) is 4. The lowest BCUT2D eigenvalue weighted by Crippen LogP contribution is -2.44. The van der Waals surface area contributed by atoms with Gasteiger partial charge in [0.1, 0.15) is 0 Å². The third-order valence-electron chi connectivity index (χ3n) is 1.11. The molecule has 0 atom stereocenters. The largest absolute Gasteiger partial charge is 0.410 e. The Hall–Kier alpha value is 0.0569. The fraction of sp³-hybridized carbons (Fsp3) is 1.00. The summed E-state index contributed by atoms with van der Waals surface area (Å²) in [5, 5.41) is 0. The van der Waals surface area contributed by atoms with Gasteiger partial charge in [-0.3, -0.25) is 0 Å². The Morgan fingerprint density at radius 2 is 1.78 bits per heavy atom. The fourth-order valence-electron chi connectivity index (χ4n) is 0.487. The van der Waals surface area contributed by atoms with Crippen molar-refractivity contribution in [3.05, 3.63) is 0 Å². The summed E-state index contributed by atoms with van der Waals surface area (Å²) in [5.74, 6) is 0. The molecular weight excluding hydrogens is 136 g/mol. The minimum Gasteiger partial charge on any atom is -0.410 e. The van der Waals surface area contributed by atoms with E-state index in [4.69, 9.17) is 21.1 Å². The second-order valence-electron chi connectivity index (χ2n) is 2.08. The van der Waals surface area contributed by atoms with Gasteiger partial charge in [-0.25, -0.2) is 0 Å². The monoisotopic (exact) mass is 150 g/mol. The minimum absolute atomic E-state index is 0.00694. The van der Waals surface area contributed by atoms with Gasteiger partial charge in [-0.15, -0.1) is 0 Å². The van der Waals surface area contributed by atoms with Gasteiger partial charge >= 0.3 is 8.56 Å². The van der Waals surface area contributed by atoms with Crippen LogP contribution in [-0.2, 0) is 0 Å². The molecule has 0 aromatic heterocycles. The van der Waals surface area contributed by atoms with Gasteiger partial charge in [-0.2, -0.15) is 0 Å². The number of nitrogens with two attached hydrogens (primary N) is 2. The summed E-state index contributed by atoms with van der Waals surface area (Å²) in [5.41, 5.74) is 10.2. The van der Waals surface area contributed by atoms with Crippen LogP contribution < -0.4 is 11.5 Å². The predicted molar refractivity (Wildman–Crippen MR) is 37.7 cm³/mol. The molecule has 56 valence electrons. The first kappa shape index (κ1) is 9.06. The van der Waals surface area contributed by atoms with Gasteiger partial charge in [0.2, 0.25) is 0 Å². The third-order valence-corrected chi connectivity index (χ3v) is 2.92. The van der Waals surface area contributed by atoms with Crippen LogP contribution in [-0.4, -0.2) is 30.9 Å². The van der Waals surface area contributed by atoms with Crippen LogP contribution in [0.4, 0.5) is 0 Å². The van der Waals surface area contributed by atoms with Crippen molar-refractivity contribution >= 4 is 8.56 Å². The summed E-state index contributed by atoms with van der Waals surface area (Å²) < 4.78 is 0. The van der Waals surface area contributed by atoms with Gasteiger partial charge in [-0.1, -0.05) is 0 Å². The molecule has 0 aliphatic carbocycles. The Bertz CT molecular complexity index is 79.0. The van der Waals surface area contributed by atoms with Crippen LogP contribution in [0.15, 0.2) is 0 Å². The molecule has 0 aliphatic heterocycles. The van der Waals surface area contributed by atoms with E-state index in [1.54, 1.807) is 0 Å². The number of hydrogen-bond acceptors (Lipinski definition) is 4. The summed E-state index contributed by atoms with van der Waals surface area (Å²) in [6, 6.07) is 0.389. The smallest absolute Gasteiger partial charge is 0.346 e. The Labute approximate surface area is 55.7 Å². The van der Waals surface area contributed by atoms with Gasteiger partial charge in [0.05, 0.1) is 0 Å². The molecule has 4 nitrogen and oxygen atoms in total. The first-order chi connectivity index (χ1) is 4.12. The van der Waals surface area contributed by atoms with Crippen molar-refractivity contribution in [2.24, 2.45) is 11.5 Å². The summed E-state index contributed by atoms with van der Waals surface area (Å²) in [6.45, 7) is 0.496. The van der Waals surface area contributed by atoms with Gasteiger partial charge in [0.15, 0.2) is 0 Å². The van der Waals surface area contributed by atoms with E-state index in [1.807, 2.05) is 0 Å². The Balaban J connectivity index is 3.33. The molecule has 0 fully saturated rings. The molecule has 0 aliphatic rings. The minimum atomic E-state index is -3.00. The molecule has 0 aromatic rings. The van der Waals surface area contributed by atoms with Gasteiger partial charge < -0.3 is 21.1 Å². The van der Waals surface area contributed by atoms with E-state index >= 15 is 0 Å². The molecule has 0 spiro atoms. The molecule has 0 saturated heterocycles. The molecule has 5 heteroatoms. The van der Waals surface area contributed by atoms with E-state index in [0.29, 0.717) is 19.0 Å². The van der Waals surface area contributed by atoms with Crippen LogP contribution >= 0.6 is 0 Å². The maximum absolute atomic E-state index is 8.97. The SMILES string of the molecule is NCCC[Si](O)(O)CN. The lowest BCUT2D eigenvalue weighted by molar-refractivity contribution is 0.358. The van der Waals surface area contributed by atoms with E-state index in [2.05, 4.69) is 0 Å². The van der Waals surface area contributed by atoms with Crippen molar-refractivity contribution < 1.29 is 9.59 Å². The van der Waals surface area contributed by atoms with Gasteiger partial charge in [0, 0.05) is 6.17 Å². The first-order valence-corrected chi connectivity index (χ1v) is 5.28. The second kappa shape index (κ2) is 3.97. The highest BCUT2D eigenvalue weighted by Gasteiger charge is 2.25. The zero-order valence-corrected chi connectivity index (χ0v) is 6.38. The molecule has 9 heavy (non-hydrogen) atoms. The normalized spacial score (nSPS) is 12.0. The molecule has 0 amide bonds. The zero-order chi connectivity index (χ0) is 7.33. The van der Waals surface area contributed by atoms with Crippen LogP contribution in [0.25, 0.3) is 0 Å². The van der Waals surface area contributed by atoms with Crippen molar-refractivity contribution in [3.8, 4) is 0 Å². The van der Waals surface area contributed by atoms with Crippen LogP contribution in [0.1, 0.15) is 6.42 Å². The van der Waals surface area contributed by atoms with Crippen LogP contribution in [0.2, 0.25) is 6.04 Å². The van der Waals surface area contributed by atoms with E-state index in [-0.39, 0.29) is 6.17 Å². The average Bonchev–Trinajstić information content (AvgIpc) is 1.84. The van der Waals surface area contributed by atoms with Crippen LogP contribution in [0.3, 0.4) is 0 Å². The molecule has 0 bridgehead atoms. The summed E-state index contributed by atoms with van der Waals surface area (Å²) in [4.78, 5) is 17.9. The van der Waals surface area contributed by atoms with Crippen molar-refractivity contribution in [3.63, 3.8) is 0 Å². The second-order valence-corrected chi connectivity index (χ2v) is 4.95. The molecule has 0 radical (unpaired) electrons. The highest BCUT2D eigenvalue weighted by atomic mass is 28.4. The van der Waals surface area contributed by atoms with E-state index in [0.717, 1.165) is 0 Å². The maximum Gasteiger partial charge on any atom is 0.346 e. The highest BCUT2D eigenvalue weighted by molar-refractivity contribution is 6.64. The quantitative estimate of drug-likeness (QED) is 0.358. The summed E-state index contributed by atoms with van der Waals surface area (Å²) in [7, 11) is -3.00. The molecule has 6 N–H and O–H groups in total. The molecule has 0 saturated carbocycles. The standard InChI is InChI=1S/C4H14N2O2Si/c5-2-1-3-9(7,8)4-6/h7-8H,1-6H2.